The Labute approximate surface area is 196 Å². The fraction of sp³-hybridized carbons (Fsp3) is 0.444. The Morgan fingerprint density at radius 1 is 1.15 bits per heavy atom. The van der Waals surface area contributed by atoms with Crippen molar-refractivity contribution in [1.82, 2.24) is 15.0 Å². The van der Waals surface area contributed by atoms with Crippen LogP contribution in [0.15, 0.2) is 47.0 Å². The number of piperidine rings is 1. The van der Waals surface area contributed by atoms with E-state index in [1.165, 1.54) is 11.1 Å². The molecule has 1 aromatic heterocycles. The summed E-state index contributed by atoms with van der Waals surface area (Å²) in [5, 5.41) is 7.29. The van der Waals surface area contributed by atoms with Crippen LogP contribution in [0.1, 0.15) is 56.2 Å². The van der Waals surface area contributed by atoms with Crippen LogP contribution in [0.3, 0.4) is 0 Å². The molecule has 1 N–H and O–H groups in total. The quantitative estimate of drug-likeness (QED) is 0.560. The largest absolute Gasteiger partial charge is 0.338 e. The van der Waals surface area contributed by atoms with E-state index in [1.54, 1.807) is 0 Å². The smallest absolute Gasteiger partial charge is 0.241 e. The third-order valence-corrected chi connectivity index (χ3v) is 6.35. The van der Waals surface area contributed by atoms with Crippen LogP contribution in [-0.4, -0.2) is 34.0 Å². The van der Waals surface area contributed by atoms with Gasteiger partial charge < -0.3 is 9.84 Å². The van der Waals surface area contributed by atoms with Crippen LogP contribution in [-0.2, 0) is 16.8 Å². The maximum atomic E-state index is 12.9. The SMILES string of the molecule is Cc1ccc(NC(=O)C2CCCN(Cc3nc(-c4ccc(C(C)(C)C)cc4)no3)C2)c(C)c1. The van der Waals surface area contributed by atoms with Gasteiger partial charge in [-0.25, -0.2) is 0 Å². The standard InChI is InChI=1S/C27H34N4O2/c1-18-8-13-23(19(2)15-18)28-26(32)21-7-6-14-31(16-21)17-24-29-25(30-33-24)20-9-11-22(12-10-20)27(3,4)5/h8-13,15,21H,6-7,14,16-17H2,1-5H3,(H,28,32). The number of rotatable bonds is 5. The van der Waals surface area contributed by atoms with Gasteiger partial charge in [-0.3, -0.25) is 9.69 Å². The van der Waals surface area contributed by atoms with Crippen LogP contribution in [0.4, 0.5) is 5.69 Å². The van der Waals surface area contributed by atoms with Gasteiger partial charge in [-0.1, -0.05) is 67.9 Å². The molecule has 6 heteroatoms. The van der Waals surface area contributed by atoms with E-state index in [1.807, 2.05) is 31.2 Å². The molecule has 1 amide bonds. The number of hydrogen-bond donors (Lipinski definition) is 1. The second-order valence-electron chi connectivity index (χ2n) is 10.2. The molecule has 4 rings (SSSR count). The molecule has 1 atom stereocenters. The summed E-state index contributed by atoms with van der Waals surface area (Å²) in [6.07, 6.45) is 1.86. The maximum Gasteiger partial charge on any atom is 0.241 e. The minimum absolute atomic E-state index is 0.0493. The lowest BCUT2D eigenvalue weighted by Crippen LogP contribution is -2.40. The first kappa shape index (κ1) is 23.2. The zero-order valence-electron chi connectivity index (χ0n) is 20.3. The van der Waals surface area contributed by atoms with Crippen molar-refractivity contribution in [3.05, 3.63) is 65.0 Å². The summed E-state index contributed by atoms with van der Waals surface area (Å²) in [6, 6.07) is 14.4. The minimum atomic E-state index is -0.0493. The van der Waals surface area contributed by atoms with E-state index in [0.29, 0.717) is 24.8 Å². The van der Waals surface area contributed by atoms with E-state index < -0.39 is 0 Å². The Hall–Kier alpha value is -2.99. The van der Waals surface area contributed by atoms with E-state index >= 15 is 0 Å². The van der Waals surface area contributed by atoms with Gasteiger partial charge in [0.05, 0.1) is 12.5 Å². The molecule has 6 nitrogen and oxygen atoms in total. The summed E-state index contributed by atoms with van der Waals surface area (Å²) in [7, 11) is 0. The van der Waals surface area contributed by atoms with Gasteiger partial charge in [0, 0.05) is 17.8 Å². The van der Waals surface area contributed by atoms with Crippen molar-refractivity contribution in [2.45, 2.75) is 59.4 Å². The van der Waals surface area contributed by atoms with Crippen LogP contribution in [0.25, 0.3) is 11.4 Å². The normalized spacial score (nSPS) is 17.2. The third-order valence-electron chi connectivity index (χ3n) is 6.35. The van der Waals surface area contributed by atoms with Gasteiger partial charge in [0.2, 0.25) is 17.6 Å². The van der Waals surface area contributed by atoms with Crippen molar-refractivity contribution < 1.29 is 9.32 Å². The molecule has 1 fully saturated rings. The highest BCUT2D eigenvalue weighted by Crippen LogP contribution is 2.26. The number of aryl methyl sites for hydroxylation is 2. The van der Waals surface area contributed by atoms with Crippen molar-refractivity contribution in [3.63, 3.8) is 0 Å². The van der Waals surface area contributed by atoms with Gasteiger partial charge in [-0.15, -0.1) is 0 Å². The topological polar surface area (TPSA) is 71.3 Å². The van der Waals surface area contributed by atoms with E-state index in [2.05, 4.69) is 66.3 Å². The molecule has 1 unspecified atom stereocenters. The summed E-state index contributed by atoms with van der Waals surface area (Å²) < 4.78 is 5.53. The van der Waals surface area contributed by atoms with Crippen LogP contribution in [0, 0.1) is 19.8 Å². The molecule has 0 saturated carbocycles. The number of nitrogens with zero attached hydrogens (tertiary/aromatic N) is 3. The molecule has 0 radical (unpaired) electrons. The highest BCUT2D eigenvalue weighted by Gasteiger charge is 2.27. The average molecular weight is 447 g/mol. The average Bonchev–Trinajstić information content (AvgIpc) is 3.24. The molecule has 0 spiro atoms. The van der Waals surface area contributed by atoms with Gasteiger partial charge in [0.15, 0.2) is 0 Å². The second kappa shape index (κ2) is 9.48. The first-order chi connectivity index (χ1) is 15.7. The van der Waals surface area contributed by atoms with Crippen molar-refractivity contribution in [3.8, 4) is 11.4 Å². The molecule has 0 bridgehead atoms. The zero-order chi connectivity index (χ0) is 23.6. The minimum Gasteiger partial charge on any atom is -0.338 e. The Kier molecular flexibility index (Phi) is 6.66. The van der Waals surface area contributed by atoms with Crippen molar-refractivity contribution in [2.75, 3.05) is 18.4 Å². The van der Waals surface area contributed by atoms with E-state index in [0.717, 1.165) is 36.2 Å². The summed E-state index contributed by atoms with van der Waals surface area (Å²) >= 11 is 0. The lowest BCUT2D eigenvalue weighted by atomic mass is 9.87. The number of amides is 1. The lowest BCUT2D eigenvalue weighted by molar-refractivity contribution is -0.121. The van der Waals surface area contributed by atoms with Crippen LogP contribution < -0.4 is 5.32 Å². The second-order valence-corrected chi connectivity index (χ2v) is 10.2. The number of nitrogens with one attached hydrogen (secondary N) is 1. The summed E-state index contributed by atoms with van der Waals surface area (Å²) in [5.41, 5.74) is 5.50. The van der Waals surface area contributed by atoms with Crippen LogP contribution in [0.2, 0.25) is 0 Å². The van der Waals surface area contributed by atoms with Crippen LogP contribution in [0.5, 0.6) is 0 Å². The number of anilines is 1. The van der Waals surface area contributed by atoms with Gasteiger partial charge >= 0.3 is 0 Å². The molecule has 2 heterocycles. The molecule has 1 aliphatic heterocycles. The molecule has 0 aliphatic carbocycles. The van der Waals surface area contributed by atoms with Gasteiger partial charge in [-0.2, -0.15) is 4.98 Å². The number of carbonyl (C=O) groups excluding carboxylic acids is 1. The molecular weight excluding hydrogens is 412 g/mol. The first-order valence-electron chi connectivity index (χ1n) is 11.7. The zero-order valence-corrected chi connectivity index (χ0v) is 20.3. The molecule has 1 saturated heterocycles. The molecule has 33 heavy (non-hydrogen) atoms. The fourth-order valence-corrected chi connectivity index (χ4v) is 4.35. The molecule has 3 aromatic rings. The number of aromatic nitrogens is 2. The number of likely N-dealkylation sites (tertiary alicyclic amines) is 1. The first-order valence-corrected chi connectivity index (χ1v) is 11.7. The molecular formula is C27H34N4O2. The van der Waals surface area contributed by atoms with Gasteiger partial charge in [0.25, 0.3) is 0 Å². The molecule has 2 aromatic carbocycles. The Bertz CT molecular complexity index is 1110. The van der Waals surface area contributed by atoms with E-state index in [-0.39, 0.29) is 17.2 Å². The number of benzene rings is 2. The van der Waals surface area contributed by atoms with Crippen LogP contribution >= 0.6 is 0 Å². The van der Waals surface area contributed by atoms with Crippen molar-refractivity contribution in [1.29, 1.82) is 0 Å². The Balaban J connectivity index is 1.37. The number of carbonyl (C=O) groups is 1. The Morgan fingerprint density at radius 3 is 2.61 bits per heavy atom. The van der Waals surface area contributed by atoms with Crippen molar-refractivity contribution in [2.24, 2.45) is 5.92 Å². The summed E-state index contributed by atoms with van der Waals surface area (Å²) in [4.78, 5) is 19.7. The van der Waals surface area contributed by atoms with E-state index in [9.17, 15) is 4.79 Å². The maximum absolute atomic E-state index is 12.9. The fourth-order valence-electron chi connectivity index (χ4n) is 4.35. The van der Waals surface area contributed by atoms with Gasteiger partial charge in [-0.05, 0) is 55.8 Å². The van der Waals surface area contributed by atoms with Gasteiger partial charge in [0.1, 0.15) is 0 Å². The summed E-state index contributed by atoms with van der Waals surface area (Å²) in [6.45, 7) is 12.8. The van der Waals surface area contributed by atoms with Crippen molar-refractivity contribution >= 4 is 11.6 Å². The highest BCUT2D eigenvalue weighted by atomic mass is 16.5. The van der Waals surface area contributed by atoms with E-state index in [4.69, 9.17) is 4.52 Å². The summed E-state index contributed by atoms with van der Waals surface area (Å²) in [5.74, 6) is 1.22. The highest BCUT2D eigenvalue weighted by molar-refractivity contribution is 5.93. The predicted octanol–water partition coefficient (Wildman–Crippen LogP) is 5.50. The molecule has 1 aliphatic rings. The predicted molar refractivity (Wildman–Crippen MR) is 131 cm³/mol. The molecule has 174 valence electrons. The number of hydrogen-bond acceptors (Lipinski definition) is 5. The lowest BCUT2D eigenvalue weighted by Gasteiger charge is -2.31. The Morgan fingerprint density at radius 2 is 1.91 bits per heavy atom. The monoisotopic (exact) mass is 446 g/mol. The third kappa shape index (κ3) is 5.69.